The molecule has 5 heteroatoms. The normalized spacial score (nSPS) is 10.0. The van der Waals surface area contributed by atoms with Crippen molar-refractivity contribution in [2.45, 2.75) is 0 Å². The van der Waals surface area contributed by atoms with Crippen molar-refractivity contribution in [1.82, 2.24) is 5.32 Å². The molecule has 2 aromatic rings. The zero-order chi connectivity index (χ0) is 13.8. The second kappa shape index (κ2) is 5.87. The molecule has 0 saturated heterocycles. The molecule has 0 aromatic heterocycles. The molecule has 0 heterocycles. The van der Waals surface area contributed by atoms with Gasteiger partial charge in [-0.3, -0.25) is 14.9 Å². The number of hydrogen-bond donors (Lipinski definition) is 1. The van der Waals surface area contributed by atoms with Crippen LogP contribution in [0.4, 0.5) is 0 Å². The number of hydrogen-bond acceptors (Lipinski definition) is 2. The Bertz CT molecular complexity index is 627. The van der Waals surface area contributed by atoms with Crippen molar-refractivity contribution < 1.29 is 9.59 Å². The van der Waals surface area contributed by atoms with Crippen LogP contribution in [-0.4, -0.2) is 11.8 Å². The third kappa shape index (κ3) is 3.13. The van der Waals surface area contributed by atoms with Gasteiger partial charge in [-0.1, -0.05) is 47.5 Å². The Hall–Kier alpha value is -1.84. The highest BCUT2D eigenvalue weighted by Gasteiger charge is 2.15. The molecule has 0 radical (unpaired) electrons. The quantitative estimate of drug-likeness (QED) is 0.861. The summed E-state index contributed by atoms with van der Waals surface area (Å²) >= 11 is 11.7. The van der Waals surface area contributed by atoms with Gasteiger partial charge in [-0.15, -0.1) is 0 Å². The van der Waals surface area contributed by atoms with E-state index in [1.165, 1.54) is 6.07 Å². The average molecular weight is 294 g/mol. The summed E-state index contributed by atoms with van der Waals surface area (Å²) in [4.78, 5) is 23.7. The van der Waals surface area contributed by atoms with Gasteiger partial charge in [0, 0.05) is 5.56 Å². The molecule has 2 aromatic carbocycles. The fraction of sp³-hybridized carbons (Fsp3) is 0. The van der Waals surface area contributed by atoms with E-state index in [1.807, 2.05) is 0 Å². The van der Waals surface area contributed by atoms with E-state index in [0.717, 1.165) is 0 Å². The second-order valence-electron chi connectivity index (χ2n) is 3.75. The average Bonchev–Trinajstić information content (AvgIpc) is 2.42. The van der Waals surface area contributed by atoms with Gasteiger partial charge >= 0.3 is 0 Å². The number of carbonyl (C=O) groups excluding carboxylic acids is 2. The molecular weight excluding hydrogens is 285 g/mol. The van der Waals surface area contributed by atoms with E-state index < -0.39 is 11.8 Å². The summed E-state index contributed by atoms with van der Waals surface area (Å²) < 4.78 is 0. The van der Waals surface area contributed by atoms with Crippen LogP contribution in [0.5, 0.6) is 0 Å². The molecule has 19 heavy (non-hydrogen) atoms. The molecular formula is C14H9Cl2NO2. The fourth-order valence-electron chi connectivity index (χ4n) is 1.51. The summed E-state index contributed by atoms with van der Waals surface area (Å²) in [6, 6.07) is 13.1. The Morgan fingerprint density at radius 3 is 2.21 bits per heavy atom. The summed E-state index contributed by atoms with van der Waals surface area (Å²) in [5.74, 6) is -1.07. The lowest BCUT2D eigenvalue weighted by molar-refractivity contribution is 0.0849. The van der Waals surface area contributed by atoms with Crippen molar-refractivity contribution in [3.8, 4) is 0 Å². The lowest BCUT2D eigenvalue weighted by atomic mass is 10.2. The predicted molar refractivity (Wildman–Crippen MR) is 74.7 cm³/mol. The number of rotatable bonds is 2. The maximum Gasteiger partial charge on any atom is 0.259 e. The van der Waals surface area contributed by atoms with E-state index in [-0.39, 0.29) is 15.6 Å². The minimum atomic E-state index is -0.582. The van der Waals surface area contributed by atoms with Gasteiger partial charge in [0.15, 0.2) is 0 Å². The van der Waals surface area contributed by atoms with Crippen LogP contribution in [0.15, 0.2) is 48.5 Å². The first-order valence-corrected chi connectivity index (χ1v) is 6.20. The predicted octanol–water partition coefficient (Wildman–Crippen LogP) is 3.56. The highest BCUT2D eigenvalue weighted by atomic mass is 35.5. The van der Waals surface area contributed by atoms with Crippen molar-refractivity contribution in [2.75, 3.05) is 0 Å². The van der Waals surface area contributed by atoms with E-state index in [2.05, 4.69) is 5.32 Å². The third-order valence-electron chi connectivity index (χ3n) is 2.46. The van der Waals surface area contributed by atoms with Crippen LogP contribution in [0.2, 0.25) is 10.0 Å². The van der Waals surface area contributed by atoms with E-state index in [9.17, 15) is 9.59 Å². The Balaban J connectivity index is 2.18. The summed E-state index contributed by atoms with van der Waals surface area (Å²) in [5.41, 5.74) is 0.562. The molecule has 0 atom stereocenters. The largest absolute Gasteiger partial charge is 0.288 e. The number of carbonyl (C=O) groups is 2. The van der Waals surface area contributed by atoms with E-state index in [0.29, 0.717) is 5.56 Å². The molecule has 2 rings (SSSR count). The Morgan fingerprint density at radius 1 is 0.842 bits per heavy atom. The van der Waals surface area contributed by atoms with E-state index in [1.54, 1.807) is 42.5 Å². The van der Waals surface area contributed by atoms with Gasteiger partial charge in [0.25, 0.3) is 11.8 Å². The molecule has 0 saturated carbocycles. The Kier molecular flexibility index (Phi) is 4.20. The molecule has 1 N–H and O–H groups in total. The smallest absolute Gasteiger partial charge is 0.259 e. The van der Waals surface area contributed by atoms with Crippen LogP contribution in [0.25, 0.3) is 0 Å². The van der Waals surface area contributed by atoms with Crippen molar-refractivity contribution >= 4 is 35.0 Å². The van der Waals surface area contributed by atoms with Gasteiger partial charge in [0.05, 0.1) is 15.6 Å². The SMILES string of the molecule is O=C(NC(=O)c1cccc(Cl)c1Cl)c1ccccc1. The maximum absolute atomic E-state index is 11.9. The van der Waals surface area contributed by atoms with Crippen LogP contribution in [0, 0.1) is 0 Å². The Morgan fingerprint density at radius 2 is 1.53 bits per heavy atom. The van der Waals surface area contributed by atoms with E-state index in [4.69, 9.17) is 23.2 Å². The summed E-state index contributed by atoms with van der Waals surface area (Å²) in [6.45, 7) is 0. The number of benzene rings is 2. The lowest BCUT2D eigenvalue weighted by Gasteiger charge is -2.06. The van der Waals surface area contributed by atoms with Crippen LogP contribution in [0.3, 0.4) is 0 Å². The molecule has 0 aliphatic rings. The van der Waals surface area contributed by atoms with Gasteiger partial charge in [0.1, 0.15) is 0 Å². The van der Waals surface area contributed by atoms with Crippen LogP contribution in [-0.2, 0) is 0 Å². The third-order valence-corrected chi connectivity index (χ3v) is 3.28. The number of amides is 2. The van der Waals surface area contributed by atoms with Gasteiger partial charge < -0.3 is 0 Å². The monoisotopic (exact) mass is 293 g/mol. The minimum absolute atomic E-state index is 0.127. The first-order chi connectivity index (χ1) is 9.09. The molecule has 0 unspecified atom stereocenters. The first-order valence-electron chi connectivity index (χ1n) is 5.44. The zero-order valence-corrected chi connectivity index (χ0v) is 11.2. The zero-order valence-electron chi connectivity index (χ0n) is 9.69. The first kappa shape index (κ1) is 13.6. The van der Waals surface area contributed by atoms with Gasteiger partial charge in [-0.2, -0.15) is 0 Å². The molecule has 0 aliphatic heterocycles. The molecule has 0 fully saturated rings. The Labute approximate surface area is 120 Å². The molecule has 3 nitrogen and oxygen atoms in total. The number of imide groups is 1. The van der Waals surface area contributed by atoms with Crippen molar-refractivity contribution in [3.05, 3.63) is 69.7 Å². The highest BCUT2D eigenvalue weighted by Crippen LogP contribution is 2.25. The molecule has 2 amide bonds. The summed E-state index contributed by atoms with van der Waals surface area (Å²) in [6.07, 6.45) is 0. The van der Waals surface area contributed by atoms with Crippen molar-refractivity contribution in [3.63, 3.8) is 0 Å². The lowest BCUT2D eigenvalue weighted by Crippen LogP contribution is -2.30. The van der Waals surface area contributed by atoms with Gasteiger partial charge in [0.2, 0.25) is 0 Å². The molecule has 96 valence electrons. The molecule has 0 bridgehead atoms. The summed E-state index contributed by atoms with van der Waals surface area (Å²) in [5, 5.41) is 2.65. The van der Waals surface area contributed by atoms with E-state index >= 15 is 0 Å². The van der Waals surface area contributed by atoms with Gasteiger partial charge in [-0.05, 0) is 24.3 Å². The van der Waals surface area contributed by atoms with Crippen LogP contribution < -0.4 is 5.32 Å². The standard InChI is InChI=1S/C14H9Cl2NO2/c15-11-8-4-7-10(12(11)16)14(19)17-13(18)9-5-2-1-3-6-9/h1-8H,(H,17,18,19). The minimum Gasteiger partial charge on any atom is -0.288 e. The maximum atomic E-state index is 11.9. The number of nitrogens with one attached hydrogen (secondary N) is 1. The van der Waals surface area contributed by atoms with Crippen LogP contribution in [0.1, 0.15) is 20.7 Å². The molecule has 0 spiro atoms. The molecule has 0 aliphatic carbocycles. The number of halogens is 2. The topological polar surface area (TPSA) is 46.2 Å². The van der Waals surface area contributed by atoms with Gasteiger partial charge in [-0.25, -0.2) is 0 Å². The van der Waals surface area contributed by atoms with Crippen molar-refractivity contribution in [1.29, 1.82) is 0 Å². The highest BCUT2D eigenvalue weighted by molar-refractivity contribution is 6.44. The summed E-state index contributed by atoms with van der Waals surface area (Å²) in [7, 11) is 0. The van der Waals surface area contributed by atoms with Crippen molar-refractivity contribution in [2.24, 2.45) is 0 Å². The fourth-order valence-corrected chi connectivity index (χ4v) is 1.90. The second-order valence-corrected chi connectivity index (χ2v) is 4.54. The van der Waals surface area contributed by atoms with Crippen LogP contribution >= 0.6 is 23.2 Å².